The van der Waals surface area contributed by atoms with Gasteiger partial charge in [0.05, 0.1) is 4.47 Å². The van der Waals surface area contributed by atoms with Crippen LogP contribution in [0.4, 0.5) is 4.39 Å². The standard InChI is InChI=1S/C14H9Br2FO3/c15-9-2-3-10(14(18)19)13(6-9)20-7-8-1-4-12(17)11(16)5-8/h1-6H,7H2,(H,18,19). The van der Waals surface area contributed by atoms with E-state index in [1.165, 1.54) is 12.1 Å². The number of aromatic carboxylic acids is 1. The van der Waals surface area contributed by atoms with Crippen LogP contribution in [-0.2, 0) is 6.61 Å². The Hall–Kier alpha value is -1.40. The van der Waals surface area contributed by atoms with Gasteiger partial charge in [0, 0.05) is 4.47 Å². The van der Waals surface area contributed by atoms with Gasteiger partial charge >= 0.3 is 5.97 Å². The molecule has 0 radical (unpaired) electrons. The molecule has 0 aromatic heterocycles. The second-order valence-electron chi connectivity index (χ2n) is 3.98. The Bertz CT molecular complexity index is 659. The fourth-order valence-electron chi connectivity index (χ4n) is 1.58. The summed E-state index contributed by atoms with van der Waals surface area (Å²) in [5.74, 6) is -1.16. The summed E-state index contributed by atoms with van der Waals surface area (Å²) >= 11 is 6.35. The fourth-order valence-corrected chi connectivity index (χ4v) is 2.35. The molecule has 1 N–H and O–H groups in total. The molecule has 6 heteroatoms. The third-order valence-corrected chi connectivity index (χ3v) is 3.65. The Morgan fingerprint density at radius 2 is 1.95 bits per heavy atom. The number of ether oxygens (including phenoxy) is 1. The Kier molecular flexibility index (Phi) is 4.77. The Morgan fingerprint density at radius 1 is 1.20 bits per heavy atom. The quantitative estimate of drug-likeness (QED) is 0.809. The van der Waals surface area contributed by atoms with Gasteiger partial charge in [-0.2, -0.15) is 0 Å². The number of hydrogen-bond donors (Lipinski definition) is 1. The first-order chi connectivity index (χ1) is 9.47. The van der Waals surface area contributed by atoms with Gasteiger partial charge in [0.25, 0.3) is 0 Å². The summed E-state index contributed by atoms with van der Waals surface area (Å²) < 4.78 is 19.7. The molecule has 0 aliphatic heterocycles. The van der Waals surface area contributed by atoms with Crippen LogP contribution in [-0.4, -0.2) is 11.1 Å². The average Bonchev–Trinajstić information content (AvgIpc) is 2.40. The maximum atomic E-state index is 13.1. The minimum atomic E-state index is -1.06. The molecule has 2 rings (SSSR count). The molecule has 0 amide bonds. The van der Waals surface area contributed by atoms with Crippen LogP contribution < -0.4 is 4.74 Å². The maximum absolute atomic E-state index is 13.1. The predicted molar refractivity (Wildman–Crippen MR) is 79.5 cm³/mol. The van der Waals surface area contributed by atoms with Crippen LogP contribution in [0.5, 0.6) is 5.75 Å². The third-order valence-electron chi connectivity index (χ3n) is 2.55. The van der Waals surface area contributed by atoms with Crippen molar-refractivity contribution < 1.29 is 19.0 Å². The van der Waals surface area contributed by atoms with E-state index >= 15 is 0 Å². The van der Waals surface area contributed by atoms with Crippen LogP contribution >= 0.6 is 31.9 Å². The molecule has 0 heterocycles. The summed E-state index contributed by atoms with van der Waals surface area (Å²) in [6.07, 6.45) is 0. The normalized spacial score (nSPS) is 10.3. The van der Waals surface area contributed by atoms with Crippen LogP contribution in [0.1, 0.15) is 15.9 Å². The lowest BCUT2D eigenvalue weighted by atomic mass is 10.2. The zero-order chi connectivity index (χ0) is 14.7. The fraction of sp³-hybridized carbons (Fsp3) is 0.0714. The van der Waals surface area contributed by atoms with Crippen LogP contribution in [0.2, 0.25) is 0 Å². The molecular formula is C14H9Br2FO3. The molecule has 2 aromatic carbocycles. The first-order valence-electron chi connectivity index (χ1n) is 5.57. The Morgan fingerprint density at radius 3 is 2.60 bits per heavy atom. The molecule has 3 nitrogen and oxygen atoms in total. The molecule has 104 valence electrons. The lowest BCUT2D eigenvalue weighted by Gasteiger charge is -2.10. The number of carbonyl (C=O) groups is 1. The highest BCUT2D eigenvalue weighted by atomic mass is 79.9. The monoisotopic (exact) mass is 402 g/mol. The highest BCUT2D eigenvalue weighted by molar-refractivity contribution is 9.10. The Labute approximate surface area is 131 Å². The minimum Gasteiger partial charge on any atom is -0.488 e. The molecular weight excluding hydrogens is 395 g/mol. The summed E-state index contributed by atoms with van der Waals surface area (Å²) in [5, 5.41) is 9.08. The van der Waals surface area contributed by atoms with Gasteiger partial charge in [-0.1, -0.05) is 22.0 Å². The lowest BCUT2D eigenvalue weighted by molar-refractivity contribution is 0.0691. The predicted octanol–water partition coefficient (Wildman–Crippen LogP) is 4.63. The number of hydrogen-bond acceptors (Lipinski definition) is 2. The smallest absolute Gasteiger partial charge is 0.339 e. The molecule has 0 bridgehead atoms. The summed E-state index contributed by atoms with van der Waals surface area (Å²) in [5.41, 5.74) is 0.809. The van der Waals surface area contributed by atoms with Gasteiger partial charge in [0.2, 0.25) is 0 Å². The SMILES string of the molecule is O=C(O)c1ccc(Br)cc1OCc1ccc(F)c(Br)c1. The zero-order valence-corrected chi connectivity index (χ0v) is 13.2. The molecule has 0 aliphatic rings. The lowest BCUT2D eigenvalue weighted by Crippen LogP contribution is -2.03. The number of carboxylic acids is 1. The topological polar surface area (TPSA) is 46.5 Å². The van der Waals surface area contributed by atoms with Crippen molar-refractivity contribution in [3.63, 3.8) is 0 Å². The molecule has 0 saturated carbocycles. The summed E-state index contributed by atoms with van der Waals surface area (Å²) in [6.45, 7) is 0.148. The first-order valence-corrected chi connectivity index (χ1v) is 7.15. The van der Waals surface area contributed by atoms with Gasteiger partial charge in [-0.3, -0.25) is 0 Å². The van der Waals surface area contributed by atoms with E-state index in [1.54, 1.807) is 24.3 Å². The van der Waals surface area contributed by atoms with E-state index in [4.69, 9.17) is 9.84 Å². The van der Waals surface area contributed by atoms with Gasteiger partial charge in [-0.15, -0.1) is 0 Å². The van der Waals surface area contributed by atoms with Crippen molar-refractivity contribution in [2.24, 2.45) is 0 Å². The van der Waals surface area contributed by atoms with Crippen LogP contribution in [0, 0.1) is 5.82 Å². The number of carboxylic acid groups (broad SMARTS) is 1. The van der Waals surface area contributed by atoms with Crippen molar-refractivity contribution >= 4 is 37.8 Å². The van der Waals surface area contributed by atoms with Crippen LogP contribution in [0.25, 0.3) is 0 Å². The summed E-state index contributed by atoms with van der Waals surface area (Å²) in [7, 11) is 0. The highest BCUT2D eigenvalue weighted by Crippen LogP contribution is 2.25. The number of halogens is 3. The average molecular weight is 404 g/mol. The van der Waals surface area contributed by atoms with E-state index in [2.05, 4.69) is 31.9 Å². The largest absolute Gasteiger partial charge is 0.488 e. The van der Waals surface area contributed by atoms with E-state index in [0.717, 1.165) is 10.0 Å². The van der Waals surface area contributed by atoms with Gasteiger partial charge < -0.3 is 9.84 Å². The molecule has 0 atom stereocenters. The van der Waals surface area contributed by atoms with E-state index in [9.17, 15) is 9.18 Å². The van der Waals surface area contributed by atoms with E-state index in [1.807, 2.05) is 0 Å². The summed E-state index contributed by atoms with van der Waals surface area (Å²) in [4.78, 5) is 11.1. The summed E-state index contributed by atoms with van der Waals surface area (Å²) in [6, 6.07) is 9.17. The molecule has 0 spiro atoms. The van der Waals surface area contributed by atoms with Crippen molar-refractivity contribution in [1.29, 1.82) is 0 Å². The van der Waals surface area contributed by atoms with Crippen molar-refractivity contribution in [3.8, 4) is 5.75 Å². The van der Waals surface area contributed by atoms with Gasteiger partial charge in [-0.05, 0) is 51.8 Å². The molecule has 0 unspecified atom stereocenters. The highest BCUT2D eigenvalue weighted by Gasteiger charge is 2.12. The minimum absolute atomic E-state index is 0.0781. The van der Waals surface area contributed by atoms with Crippen molar-refractivity contribution in [2.75, 3.05) is 0 Å². The van der Waals surface area contributed by atoms with E-state index in [-0.39, 0.29) is 23.7 Å². The number of rotatable bonds is 4. The van der Waals surface area contributed by atoms with Crippen molar-refractivity contribution in [2.45, 2.75) is 6.61 Å². The van der Waals surface area contributed by atoms with E-state index in [0.29, 0.717) is 4.47 Å². The Balaban J connectivity index is 2.20. The first kappa shape index (κ1) is 15.0. The number of benzene rings is 2. The van der Waals surface area contributed by atoms with Crippen molar-refractivity contribution in [3.05, 3.63) is 62.3 Å². The molecule has 0 saturated heterocycles. The van der Waals surface area contributed by atoms with Gasteiger partial charge in [0.1, 0.15) is 23.7 Å². The zero-order valence-electron chi connectivity index (χ0n) is 10.1. The van der Waals surface area contributed by atoms with Crippen molar-refractivity contribution in [1.82, 2.24) is 0 Å². The second-order valence-corrected chi connectivity index (χ2v) is 5.75. The molecule has 2 aromatic rings. The van der Waals surface area contributed by atoms with E-state index < -0.39 is 5.97 Å². The molecule has 0 aliphatic carbocycles. The van der Waals surface area contributed by atoms with Crippen LogP contribution in [0.15, 0.2) is 45.3 Å². The van der Waals surface area contributed by atoms with Gasteiger partial charge in [-0.25, -0.2) is 9.18 Å². The van der Waals surface area contributed by atoms with Gasteiger partial charge in [0.15, 0.2) is 0 Å². The molecule has 20 heavy (non-hydrogen) atoms. The third kappa shape index (κ3) is 3.58. The second kappa shape index (κ2) is 6.37. The molecule has 0 fully saturated rings. The maximum Gasteiger partial charge on any atom is 0.339 e. The van der Waals surface area contributed by atoms with Crippen LogP contribution in [0.3, 0.4) is 0 Å².